The standard InChI is InChI=1S/C18H24N2O4/c1-12(21)13-7-8-15-14(10-13)20(17(23)11-24-15)9-5-6-16(22)19-18(2,3)4/h7-8,10H,5-6,9,11H2,1-4H3,(H,19,22). The summed E-state index contributed by atoms with van der Waals surface area (Å²) in [4.78, 5) is 37.2. The van der Waals surface area contributed by atoms with Crippen molar-refractivity contribution in [1.82, 2.24) is 5.32 Å². The van der Waals surface area contributed by atoms with Crippen LogP contribution in [0.4, 0.5) is 5.69 Å². The summed E-state index contributed by atoms with van der Waals surface area (Å²) in [7, 11) is 0. The summed E-state index contributed by atoms with van der Waals surface area (Å²) >= 11 is 0. The minimum absolute atomic E-state index is 0.0272. The molecule has 2 rings (SSSR count). The van der Waals surface area contributed by atoms with Gasteiger partial charge >= 0.3 is 0 Å². The molecule has 1 aliphatic heterocycles. The molecule has 1 heterocycles. The summed E-state index contributed by atoms with van der Waals surface area (Å²) < 4.78 is 5.41. The maximum Gasteiger partial charge on any atom is 0.265 e. The highest BCUT2D eigenvalue weighted by molar-refractivity contribution is 6.01. The zero-order valence-electron chi connectivity index (χ0n) is 14.6. The molecular weight excluding hydrogens is 308 g/mol. The Kier molecular flexibility index (Phi) is 5.26. The smallest absolute Gasteiger partial charge is 0.265 e. The summed E-state index contributed by atoms with van der Waals surface area (Å²) in [5.74, 6) is 0.305. The third-order valence-electron chi connectivity index (χ3n) is 3.61. The second-order valence-electron chi connectivity index (χ2n) is 6.97. The molecule has 1 aromatic carbocycles. The fourth-order valence-electron chi connectivity index (χ4n) is 2.54. The van der Waals surface area contributed by atoms with Crippen LogP contribution in [0.5, 0.6) is 5.75 Å². The predicted octanol–water partition coefficient (Wildman–Crippen LogP) is 2.31. The number of nitrogens with one attached hydrogen (secondary N) is 1. The SMILES string of the molecule is CC(=O)c1ccc2c(c1)N(CCCC(=O)NC(C)(C)C)C(=O)CO2. The predicted molar refractivity (Wildman–Crippen MR) is 91.4 cm³/mol. The van der Waals surface area contributed by atoms with Crippen molar-refractivity contribution in [3.63, 3.8) is 0 Å². The van der Waals surface area contributed by atoms with E-state index < -0.39 is 0 Å². The van der Waals surface area contributed by atoms with E-state index in [1.165, 1.54) is 6.92 Å². The lowest BCUT2D eigenvalue weighted by Gasteiger charge is -2.30. The van der Waals surface area contributed by atoms with Crippen LogP contribution >= 0.6 is 0 Å². The lowest BCUT2D eigenvalue weighted by molar-refractivity contribution is -0.123. The number of hydrogen-bond acceptors (Lipinski definition) is 4. The molecule has 0 saturated carbocycles. The Bertz CT molecular complexity index is 661. The third-order valence-corrected chi connectivity index (χ3v) is 3.61. The fraction of sp³-hybridized carbons (Fsp3) is 0.500. The van der Waals surface area contributed by atoms with Gasteiger partial charge in [0.25, 0.3) is 5.91 Å². The molecule has 2 amide bonds. The van der Waals surface area contributed by atoms with Gasteiger partial charge in [-0.1, -0.05) is 0 Å². The van der Waals surface area contributed by atoms with Crippen molar-refractivity contribution >= 4 is 23.3 Å². The van der Waals surface area contributed by atoms with Crippen LogP contribution in [-0.4, -0.2) is 36.3 Å². The molecule has 0 saturated heterocycles. The van der Waals surface area contributed by atoms with E-state index >= 15 is 0 Å². The van der Waals surface area contributed by atoms with Crippen molar-refractivity contribution in [3.8, 4) is 5.75 Å². The third kappa shape index (κ3) is 4.57. The molecular formula is C18H24N2O4. The Morgan fingerprint density at radius 1 is 1.29 bits per heavy atom. The second-order valence-corrected chi connectivity index (χ2v) is 6.97. The van der Waals surface area contributed by atoms with Gasteiger partial charge in [0.15, 0.2) is 12.4 Å². The maximum atomic E-state index is 12.2. The maximum absolute atomic E-state index is 12.2. The normalized spacial score (nSPS) is 14.0. The number of anilines is 1. The van der Waals surface area contributed by atoms with E-state index in [0.717, 1.165) is 0 Å². The van der Waals surface area contributed by atoms with E-state index in [4.69, 9.17) is 4.74 Å². The second kappa shape index (κ2) is 7.03. The number of Topliss-reactive ketones (excluding diaryl/α,β-unsaturated/α-hetero) is 1. The van der Waals surface area contributed by atoms with E-state index in [9.17, 15) is 14.4 Å². The molecule has 24 heavy (non-hydrogen) atoms. The van der Waals surface area contributed by atoms with E-state index in [0.29, 0.717) is 36.4 Å². The molecule has 130 valence electrons. The molecule has 1 aromatic rings. The number of benzene rings is 1. The Morgan fingerprint density at radius 3 is 2.62 bits per heavy atom. The van der Waals surface area contributed by atoms with E-state index in [-0.39, 0.29) is 29.7 Å². The highest BCUT2D eigenvalue weighted by atomic mass is 16.5. The Balaban J connectivity index is 2.05. The molecule has 6 heteroatoms. The zero-order valence-corrected chi connectivity index (χ0v) is 14.6. The Morgan fingerprint density at radius 2 is 2.00 bits per heavy atom. The van der Waals surface area contributed by atoms with Crippen LogP contribution in [0, 0.1) is 0 Å². The minimum atomic E-state index is -0.269. The van der Waals surface area contributed by atoms with Gasteiger partial charge in [0.05, 0.1) is 5.69 Å². The molecule has 6 nitrogen and oxygen atoms in total. The number of ketones is 1. The van der Waals surface area contributed by atoms with Gasteiger partial charge in [0.2, 0.25) is 5.91 Å². The lowest BCUT2D eigenvalue weighted by atomic mass is 10.1. The van der Waals surface area contributed by atoms with E-state index in [1.807, 2.05) is 20.8 Å². The molecule has 0 spiro atoms. The van der Waals surface area contributed by atoms with Crippen LogP contribution < -0.4 is 15.0 Å². The van der Waals surface area contributed by atoms with Crippen molar-refractivity contribution in [2.75, 3.05) is 18.1 Å². The number of carbonyl (C=O) groups excluding carboxylic acids is 3. The first-order valence-electron chi connectivity index (χ1n) is 8.06. The summed E-state index contributed by atoms with van der Waals surface area (Å²) in [6.45, 7) is 7.64. The number of ether oxygens (including phenoxy) is 1. The molecule has 0 aromatic heterocycles. The highest BCUT2D eigenvalue weighted by Crippen LogP contribution is 2.33. The molecule has 1 aliphatic rings. The topological polar surface area (TPSA) is 75.7 Å². The van der Waals surface area contributed by atoms with Gasteiger partial charge in [-0.25, -0.2) is 0 Å². The molecule has 0 unspecified atom stereocenters. The van der Waals surface area contributed by atoms with Gasteiger partial charge in [0.1, 0.15) is 5.75 Å². The number of carbonyl (C=O) groups is 3. The van der Waals surface area contributed by atoms with Crippen LogP contribution in [0.15, 0.2) is 18.2 Å². The van der Waals surface area contributed by atoms with Crippen LogP contribution in [-0.2, 0) is 9.59 Å². The monoisotopic (exact) mass is 332 g/mol. The van der Waals surface area contributed by atoms with Gasteiger partial charge in [-0.15, -0.1) is 0 Å². The van der Waals surface area contributed by atoms with Gasteiger partial charge in [-0.05, 0) is 52.3 Å². The van der Waals surface area contributed by atoms with Crippen molar-refractivity contribution < 1.29 is 19.1 Å². The number of hydrogen-bond donors (Lipinski definition) is 1. The molecule has 1 N–H and O–H groups in total. The number of nitrogens with zero attached hydrogens (tertiary/aromatic N) is 1. The summed E-state index contributed by atoms with van der Waals surface area (Å²) in [6, 6.07) is 5.06. The van der Waals surface area contributed by atoms with Crippen LogP contribution in [0.25, 0.3) is 0 Å². The molecule has 0 bridgehead atoms. The first-order valence-corrected chi connectivity index (χ1v) is 8.06. The van der Waals surface area contributed by atoms with Crippen LogP contribution in [0.2, 0.25) is 0 Å². The number of fused-ring (bicyclic) bond motifs is 1. The number of amides is 2. The molecule has 0 fully saturated rings. The van der Waals surface area contributed by atoms with Gasteiger partial charge < -0.3 is 15.0 Å². The van der Waals surface area contributed by atoms with Crippen molar-refractivity contribution in [3.05, 3.63) is 23.8 Å². The quantitative estimate of drug-likeness (QED) is 0.840. The molecule has 0 atom stereocenters. The van der Waals surface area contributed by atoms with Crippen molar-refractivity contribution in [2.45, 2.75) is 46.1 Å². The summed E-state index contributed by atoms with van der Waals surface area (Å²) in [6.07, 6.45) is 0.876. The molecule has 0 radical (unpaired) electrons. The van der Waals surface area contributed by atoms with E-state index in [2.05, 4.69) is 5.32 Å². The first kappa shape index (κ1) is 18.0. The fourth-order valence-corrected chi connectivity index (χ4v) is 2.54. The van der Waals surface area contributed by atoms with Crippen LogP contribution in [0.3, 0.4) is 0 Å². The van der Waals surface area contributed by atoms with Gasteiger partial charge in [-0.2, -0.15) is 0 Å². The Hall–Kier alpha value is -2.37. The lowest BCUT2D eigenvalue weighted by Crippen LogP contribution is -2.42. The summed E-state index contributed by atoms with van der Waals surface area (Å²) in [5, 5.41) is 2.90. The van der Waals surface area contributed by atoms with Gasteiger partial charge in [-0.3, -0.25) is 14.4 Å². The Labute approximate surface area is 142 Å². The summed E-state index contributed by atoms with van der Waals surface area (Å²) in [5.41, 5.74) is 0.854. The largest absolute Gasteiger partial charge is 0.482 e. The van der Waals surface area contributed by atoms with Gasteiger partial charge in [0, 0.05) is 24.1 Å². The molecule has 0 aliphatic carbocycles. The van der Waals surface area contributed by atoms with Crippen molar-refractivity contribution in [1.29, 1.82) is 0 Å². The van der Waals surface area contributed by atoms with E-state index in [1.54, 1.807) is 23.1 Å². The van der Waals surface area contributed by atoms with Crippen LogP contribution in [0.1, 0.15) is 50.9 Å². The first-order chi connectivity index (χ1) is 11.2. The van der Waals surface area contributed by atoms with Crippen molar-refractivity contribution in [2.24, 2.45) is 0 Å². The minimum Gasteiger partial charge on any atom is -0.482 e. The number of rotatable bonds is 5. The average Bonchev–Trinajstić information content (AvgIpc) is 2.47. The average molecular weight is 332 g/mol. The highest BCUT2D eigenvalue weighted by Gasteiger charge is 2.26. The zero-order chi connectivity index (χ0) is 17.9.